The van der Waals surface area contributed by atoms with Crippen LogP contribution in [0.3, 0.4) is 0 Å². The highest BCUT2D eigenvalue weighted by molar-refractivity contribution is 5.92. The van der Waals surface area contributed by atoms with Crippen LogP contribution in [0.15, 0.2) is 33.5 Å². The number of ether oxygens (including phenoxy) is 1. The highest BCUT2D eigenvalue weighted by Gasteiger charge is 2.14. The van der Waals surface area contributed by atoms with E-state index in [4.69, 9.17) is 4.42 Å². The van der Waals surface area contributed by atoms with Crippen molar-refractivity contribution in [1.29, 1.82) is 0 Å². The van der Waals surface area contributed by atoms with Crippen LogP contribution in [0.2, 0.25) is 0 Å². The maximum absolute atomic E-state index is 11.7. The molecule has 0 atom stereocenters. The molecule has 2 rings (SSSR count). The van der Waals surface area contributed by atoms with E-state index in [9.17, 15) is 14.7 Å². The molecule has 0 radical (unpaired) electrons. The minimum Gasteiger partial charge on any atom is -0.465 e. The quantitative estimate of drug-likeness (QED) is 0.490. The lowest BCUT2D eigenvalue weighted by atomic mass is 10.1. The molecule has 5 nitrogen and oxygen atoms in total. The minimum atomic E-state index is -1.11. The van der Waals surface area contributed by atoms with Crippen LogP contribution >= 0.6 is 0 Å². The summed E-state index contributed by atoms with van der Waals surface area (Å²) in [7, 11) is 1.20. The van der Waals surface area contributed by atoms with Gasteiger partial charge in [0.1, 0.15) is 16.7 Å². The maximum atomic E-state index is 11.7. The fourth-order valence-corrected chi connectivity index (χ4v) is 1.67. The summed E-state index contributed by atoms with van der Waals surface area (Å²) in [6, 6.07) is 6.39. The molecule has 0 amide bonds. The van der Waals surface area contributed by atoms with Gasteiger partial charge in [0.15, 0.2) is 0 Å². The number of carbonyl (C=O) groups excluding carboxylic acids is 1. The van der Waals surface area contributed by atoms with E-state index >= 15 is 0 Å². The van der Waals surface area contributed by atoms with E-state index in [0.29, 0.717) is 16.5 Å². The predicted octanol–water partition coefficient (Wildman–Crippen LogP) is 1.70. The second kappa shape index (κ2) is 5.43. The third kappa shape index (κ3) is 3.50. The second-order valence-electron chi connectivity index (χ2n) is 5.00. The van der Waals surface area contributed by atoms with E-state index in [1.165, 1.54) is 13.2 Å². The van der Waals surface area contributed by atoms with Gasteiger partial charge in [0.05, 0.1) is 7.11 Å². The van der Waals surface area contributed by atoms with Crippen LogP contribution in [0.25, 0.3) is 11.0 Å². The first-order valence-electron chi connectivity index (χ1n) is 6.22. The Kier molecular flexibility index (Phi) is 3.83. The van der Waals surface area contributed by atoms with E-state index < -0.39 is 17.2 Å². The van der Waals surface area contributed by atoms with Gasteiger partial charge in [-0.1, -0.05) is 11.8 Å². The molecule has 0 aliphatic carbocycles. The average Bonchev–Trinajstić information content (AvgIpc) is 2.42. The molecule has 0 aliphatic heterocycles. The van der Waals surface area contributed by atoms with Gasteiger partial charge in [0.25, 0.3) is 0 Å². The fourth-order valence-electron chi connectivity index (χ4n) is 1.67. The molecule has 0 saturated carbocycles. The van der Waals surface area contributed by atoms with Gasteiger partial charge >= 0.3 is 11.6 Å². The van der Waals surface area contributed by atoms with Gasteiger partial charge < -0.3 is 14.3 Å². The molecule has 21 heavy (non-hydrogen) atoms. The van der Waals surface area contributed by atoms with Crippen molar-refractivity contribution in [2.75, 3.05) is 7.11 Å². The minimum absolute atomic E-state index is 0.152. The molecule has 0 bridgehead atoms. The van der Waals surface area contributed by atoms with Crippen molar-refractivity contribution in [1.82, 2.24) is 0 Å². The number of aliphatic hydroxyl groups is 1. The number of rotatable bonds is 1. The highest BCUT2D eigenvalue weighted by Crippen LogP contribution is 2.16. The number of hydrogen-bond acceptors (Lipinski definition) is 5. The third-order valence-electron chi connectivity index (χ3n) is 2.65. The predicted molar refractivity (Wildman–Crippen MR) is 77.0 cm³/mol. The lowest BCUT2D eigenvalue weighted by molar-refractivity contribution is 0.0596. The van der Waals surface area contributed by atoms with Crippen LogP contribution in [-0.2, 0) is 4.74 Å². The Morgan fingerprint density at radius 2 is 2.05 bits per heavy atom. The van der Waals surface area contributed by atoms with Gasteiger partial charge in [-0.15, -0.1) is 0 Å². The van der Waals surface area contributed by atoms with Crippen LogP contribution in [0.1, 0.15) is 29.8 Å². The largest absolute Gasteiger partial charge is 0.465 e. The van der Waals surface area contributed by atoms with Crippen molar-refractivity contribution < 1.29 is 19.1 Å². The Balaban J connectivity index is 2.53. The van der Waals surface area contributed by atoms with Crippen LogP contribution in [0.4, 0.5) is 0 Å². The van der Waals surface area contributed by atoms with Gasteiger partial charge in [-0.2, -0.15) is 0 Å². The summed E-state index contributed by atoms with van der Waals surface area (Å²) in [6.45, 7) is 3.15. The summed E-state index contributed by atoms with van der Waals surface area (Å²) in [5.74, 6) is 4.72. The number of carbonyl (C=O) groups is 1. The van der Waals surface area contributed by atoms with E-state index in [-0.39, 0.29) is 5.56 Å². The lowest BCUT2D eigenvalue weighted by Gasteiger charge is -2.06. The van der Waals surface area contributed by atoms with Crippen LogP contribution < -0.4 is 5.63 Å². The van der Waals surface area contributed by atoms with Crippen molar-refractivity contribution in [2.24, 2.45) is 0 Å². The molecule has 0 aliphatic rings. The number of methoxy groups -OCH3 is 1. The monoisotopic (exact) mass is 286 g/mol. The van der Waals surface area contributed by atoms with E-state index in [0.717, 1.165) is 0 Å². The van der Waals surface area contributed by atoms with Crippen LogP contribution in [-0.4, -0.2) is 23.8 Å². The van der Waals surface area contributed by atoms with Crippen molar-refractivity contribution in [3.05, 3.63) is 45.8 Å². The molecule has 1 aromatic heterocycles. The van der Waals surface area contributed by atoms with Crippen molar-refractivity contribution in [3.63, 3.8) is 0 Å². The first kappa shape index (κ1) is 14.8. The van der Waals surface area contributed by atoms with Gasteiger partial charge in [0.2, 0.25) is 0 Å². The molecule has 1 heterocycles. The summed E-state index contributed by atoms with van der Waals surface area (Å²) in [5, 5.41) is 10.1. The number of benzene rings is 1. The molecule has 2 aromatic rings. The Hall–Kier alpha value is -2.58. The van der Waals surface area contributed by atoms with E-state index in [1.807, 2.05) is 0 Å². The Labute approximate surface area is 121 Å². The highest BCUT2D eigenvalue weighted by atomic mass is 16.5. The summed E-state index contributed by atoms with van der Waals surface area (Å²) in [4.78, 5) is 23.1. The lowest BCUT2D eigenvalue weighted by Crippen LogP contribution is -2.15. The summed E-state index contributed by atoms with van der Waals surface area (Å²) in [5.41, 5.74) is -1.11. The van der Waals surface area contributed by atoms with Crippen molar-refractivity contribution >= 4 is 16.9 Å². The average molecular weight is 286 g/mol. The topological polar surface area (TPSA) is 76.7 Å². The Morgan fingerprint density at radius 3 is 2.67 bits per heavy atom. The third-order valence-corrected chi connectivity index (χ3v) is 2.65. The maximum Gasteiger partial charge on any atom is 0.351 e. The Morgan fingerprint density at radius 1 is 1.33 bits per heavy atom. The normalized spacial score (nSPS) is 10.9. The first-order valence-corrected chi connectivity index (χ1v) is 6.22. The van der Waals surface area contributed by atoms with Gasteiger partial charge in [-0.25, -0.2) is 9.59 Å². The molecular formula is C16H14O5. The number of esters is 1. The zero-order valence-electron chi connectivity index (χ0n) is 11.9. The fraction of sp³-hybridized carbons (Fsp3) is 0.250. The molecule has 0 saturated heterocycles. The zero-order chi connectivity index (χ0) is 15.6. The smallest absolute Gasteiger partial charge is 0.351 e. The SMILES string of the molecule is COC(=O)c1cc2ccc(C#CC(C)(C)O)cc2oc1=O. The summed E-state index contributed by atoms with van der Waals surface area (Å²) < 4.78 is 9.62. The van der Waals surface area contributed by atoms with Gasteiger partial charge in [0, 0.05) is 10.9 Å². The molecule has 1 N–H and O–H groups in total. The van der Waals surface area contributed by atoms with Crippen molar-refractivity contribution in [2.45, 2.75) is 19.4 Å². The summed E-state index contributed by atoms with van der Waals surface area (Å²) >= 11 is 0. The zero-order valence-corrected chi connectivity index (χ0v) is 11.9. The van der Waals surface area contributed by atoms with E-state index in [1.54, 1.807) is 32.0 Å². The Bertz CT molecular complexity index is 812. The van der Waals surface area contributed by atoms with Crippen molar-refractivity contribution in [3.8, 4) is 11.8 Å². The standard InChI is InChI=1S/C16H14O5/c1-16(2,19)7-6-10-4-5-11-9-12(14(17)20-3)15(18)21-13(11)8-10/h4-5,8-9,19H,1-3H3. The molecule has 0 unspecified atom stereocenters. The molecule has 1 aromatic carbocycles. The number of hydrogen-bond donors (Lipinski definition) is 1. The molecule has 108 valence electrons. The number of fused-ring (bicyclic) bond motifs is 1. The van der Waals surface area contributed by atoms with Crippen LogP contribution in [0.5, 0.6) is 0 Å². The van der Waals surface area contributed by atoms with Crippen LogP contribution in [0, 0.1) is 11.8 Å². The molecular weight excluding hydrogens is 272 g/mol. The molecule has 5 heteroatoms. The first-order chi connectivity index (χ1) is 9.80. The van der Waals surface area contributed by atoms with Gasteiger partial charge in [-0.05, 0) is 38.1 Å². The summed E-state index contributed by atoms with van der Waals surface area (Å²) in [6.07, 6.45) is 0. The van der Waals surface area contributed by atoms with Gasteiger partial charge in [-0.3, -0.25) is 0 Å². The van der Waals surface area contributed by atoms with E-state index in [2.05, 4.69) is 16.6 Å². The molecule has 0 spiro atoms. The second-order valence-corrected chi connectivity index (χ2v) is 5.00. The molecule has 0 fully saturated rings.